The summed E-state index contributed by atoms with van der Waals surface area (Å²) in [6, 6.07) is 15.3. The van der Waals surface area contributed by atoms with Gasteiger partial charge >= 0.3 is 0 Å². The van der Waals surface area contributed by atoms with Crippen LogP contribution in [0.25, 0.3) is 21.3 Å². The second kappa shape index (κ2) is 8.90. The summed E-state index contributed by atoms with van der Waals surface area (Å²) in [6.45, 7) is 1.70. The number of non-ortho nitro benzene ring substituents is 1. The molecule has 0 fully saturated rings. The van der Waals surface area contributed by atoms with Gasteiger partial charge in [-0.25, -0.2) is 10.4 Å². The first-order valence-corrected chi connectivity index (χ1v) is 10.4. The van der Waals surface area contributed by atoms with E-state index in [1.807, 2.05) is 37.3 Å². The molecule has 0 radical (unpaired) electrons. The summed E-state index contributed by atoms with van der Waals surface area (Å²) < 4.78 is 1.25. The first kappa shape index (κ1) is 21.1. The largest absolute Gasteiger partial charge is 0.289 e. The Labute approximate surface area is 185 Å². The van der Waals surface area contributed by atoms with Crippen LogP contribution >= 0.6 is 11.3 Å². The minimum absolute atomic E-state index is 0.0352. The Morgan fingerprint density at radius 1 is 1.22 bits per heavy atom. The molecular formula is C22H17N5O4S. The van der Waals surface area contributed by atoms with Crippen molar-refractivity contribution < 1.29 is 9.72 Å². The maximum atomic E-state index is 13.1. The number of hydrazone groups is 1. The first-order valence-electron chi connectivity index (χ1n) is 9.54. The van der Waals surface area contributed by atoms with E-state index in [0.29, 0.717) is 15.8 Å². The molecule has 0 saturated heterocycles. The van der Waals surface area contributed by atoms with Crippen molar-refractivity contribution in [2.24, 2.45) is 5.10 Å². The van der Waals surface area contributed by atoms with Crippen LogP contribution in [0, 0.1) is 17.0 Å². The van der Waals surface area contributed by atoms with Crippen molar-refractivity contribution in [3.05, 3.63) is 91.8 Å². The minimum Gasteiger partial charge on any atom is -0.289 e. The molecule has 0 aliphatic carbocycles. The third-order valence-corrected chi connectivity index (χ3v) is 5.75. The second-order valence-electron chi connectivity index (χ2n) is 6.90. The summed E-state index contributed by atoms with van der Waals surface area (Å²) in [7, 11) is 0. The van der Waals surface area contributed by atoms with E-state index in [1.165, 1.54) is 52.7 Å². The van der Waals surface area contributed by atoms with Crippen molar-refractivity contribution in [2.45, 2.75) is 13.5 Å². The molecule has 10 heteroatoms. The highest BCUT2D eigenvalue weighted by molar-refractivity contribution is 7.19. The number of nitro groups is 1. The number of carbonyl (C=O) groups is 1. The van der Waals surface area contributed by atoms with Gasteiger partial charge in [-0.1, -0.05) is 30.3 Å². The number of aromatic nitrogens is 2. The highest BCUT2D eigenvalue weighted by atomic mass is 32.1. The van der Waals surface area contributed by atoms with E-state index in [4.69, 9.17) is 0 Å². The zero-order valence-electron chi connectivity index (χ0n) is 16.9. The Bertz CT molecular complexity index is 1390. The quantitative estimate of drug-likeness (QED) is 0.276. The average Bonchev–Trinajstić information content (AvgIpc) is 3.13. The van der Waals surface area contributed by atoms with E-state index < -0.39 is 10.8 Å². The SMILES string of the molecule is Cc1sc2ncn(CC(=O)NN=Cc3ccc([N+](=O)[O-])cc3)c(=O)c2c1-c1ccccc1. The third kappa shape index (κ3) is 4.30. The molecule has 0 aliphatic heterocycles. The van der Waals surface area contributed by atoms with Crippen molar-refractivity contribution in [3.8, 4) is 11.1 Å². The van der Waals surface area contributed by atoms with Crippen LogP contribution in [0.4, 0.5) is 5.69 Å². The third-order valence-electron chi connectivity index (χ3n) is 4.74. The molecule has 2 heterocycles. The van der Waals surface area contributed by atoms with Crippen LogP contribution in [0.15, 0.2) is 70.8 Å². The van der Waals surface area contributed by atoms with E-state index in [0.717, 1.165) is 16.0 Å². The molecule has 4 aromatic rings. The van der Waals surface area contributed by atoms with Gasteiger partial charge in [-0.3, -0.25) is 24.3 Å². The molecule has 0 bridgehead atoms. The summed E-state index contributed by atoms with van der Waals surface area (Å²) in [4.78, 5) is 41.6. The topological polar surface area (TPSA) is 119 Å². The maximum absolute atomic E-state index is 13.1. The van der Waals surface area contributed by atoms with Crippen LogP contribution < -0.4 is 11.0 Å². The van der Waals surface area contributed by atoms with Crippen LogP contribution in [-0.4, -0.2) is 26.6 Å². The van der Waals surface area contributed by atoms with Crippen LogP contribution in [0.1, 0.15) is 10.4 Å². The Balaban J connectivity index is 1.53. The number of rotatable bonds is 6. The van der Waals surface area contributed by atoms with Gasteiger partial charge in [-0.15, -0.1) is 11.3 Å². The van der Waals surface area contributed by atoms with Crippen molar-refractivity contribution >= 4 is 39.4 Å². The molecule has 2 aromatic heterocycles. The van der Waals surface area contributed by atoms with Gasteiger partial charge in [0.1, 0.15) is 11.4 Å². The molecule has 0 spiro atoms. The number of benzene rings is 2. The number of aryl methyl sites for hydroxylation is 1. The monoisotopic (exact) mass is 447 g/mol. The fraction of sp³-hybridized carbons (Fsp3) is 0.0909. The van der Waals surface area contributed by atoms with Gasteiger partial charge < -0.3 is 0 Å². The maximum Gasteiger partial charge on any atom is 0.269 e. The number of nitrogens with one attached hydrogen (secondary N) is 1. The summed E-state index contributed by atoms with van der Waals surface area (Å²) in [5.74, 6) is -0.500. The summed E-state index contributed by atoms with van der Waals surface area (Å²) in [5.41, 5.74) is 4.35. The number of hydrogen-bond acceptors (Lipinski definition) is 7. The lowest BCUT2D eigenvalue weighted by molar-refractivity contribution is -0.384. The van der Waals surface area contributed by atoms with Crippen molar-refractivity contribution in [1.29, 1.82) is 0 Å². The van der Waals surface area contributed by atoms with Gasteiger partial charge in [-0.05, 0) is 30.2 Å². The highest BCUT2D eigenvalue weighted by Gasteiger charge is 2.17. The lowest BCUT2D eigenvalue weighted by atomic mass is 10.0. The second-order valence-corrected chi connectivity index (χ2v) is 8.10. The first-order chi connectivity index (χ1) is 15.4. The molecule has 0 unspecified atom stereocenters. The Kier molecular flexibility index (Phi) is 5.86. The lowest BCUT2D eigenvalue weighted by Gasteiger charge is -2.06. The zero-order valence-corrected chi connectivity index (χ0v) is 17.7. The molecular weight excluding hydrogens is 430 g/mol. The number of fused-ring (bicyclic) bond motifs is 1. The number of thiophene rings is 1. The summed E-state index contributed by atoms with van der Waals surface area (Å²) >= 11 is 1.44. The normalized spacial score (nSPS) is 11.2. The molecule has 2 aromatic carbocycles. The van der Waals surface area contributed by atoms with Crippen LogP contribution in [0.5, 0.6) is 0 Å². The summed E-state index contributed by atoms with van der Waals surface area (Å²) in [6.07, 6.45) is 2.72. The number of nitrogens with zero attached hydrogens (tertiary/aromatic N) is 4. The van der Waals surface area contributed by atoms with Gasteiger partial charge in [-0.2, -0.15) is 5.10 Å². The van der Waals surface area contributed by atoms with Gasteiger partial charge in [0.05, 0.1) is 22.9 Å². The number of nitro benzene ring substituents is 1. The molecule has 0 aliphatic rings. The molecule has 0 saturated carbocycles. The van der Waals surface area contributed by atoms with Crippen molar-refractivity contribution in [1.82, 2.24) is 15.0 Å². The van der Waals surface area contributed by atoms with Crippen molar-refractivity contribution in [2.75, 3.05) is 0 Å². The number of amides is 1. The number of hydrogen-bond donors (Lipinski definition) is 1. The standard InChI is InChI=1S/C22H17N5O4S/c1-14-19(16-5-3-2-4-6-16)20-21(32-14)23-13-26(22(20)29)12-18(28)25-24-11-15-7-9-17(10-8-15)27(30)31/h2-11,13H,12H2,1H3,(H,25,28). The molecule has 32 heavy (non-hydrogen) atoms. The molecule has 9 nitrogen and oxygen atoms in total. The summed E-state index contributed by atoms with van der Waals surface area (Å²) in [5, 5.41) is 15.0. The van der Waals surface area contributed by atoms with Crippen molar-refractivity contribution in [3.63, 3.8) is 0 Å². The van der Waals surface area contributed by atoms with E-state index >= 15 is 0 Å². The Morgan fingerprint density at radius 2 is 1.94 bits per heavy atom. The van der Waals surface area contributed by atoms with Gasteiger partial charge in [0, 0.05) is 22.6 Å². The average molecular weight is 447 g/mol. The molecule has 1 amide bonds. The van der Waals surface area contributed by atoms with Gasteiger partial charge in [0.15, 0.2) is 0 Å². The smallest absolute Gasteiger partial charge is 0.269 e. The van der Waals surface area contributed by atoms with Crippen LogP contribution in [0.3, 0.4) is 0 Å². The predicted octanol–water partition coefficient (Wildman–Crippen LogP) is 3.49. The Morgan fingerprint density at radius 3 is 2.62 bits per heavy atom. The van der Waals surface area contributed by atoms with E-state index in [1.54, 1.807) is 0 Å². The lowest BCUT2D eigenvalue weighted by Crippen LogP contribution is -2.30. The zero-order chi connectivity index (χ0) is 22.7. The minimum atomic E-state index is -0.500. The Hall–Kier alpha value is -4.18. The molecule has 160 valence electrons. The highest BCUT2D eigenvalue weighted by Crippen LogP contribution is 2.35. The van der Waals surface area contributed by atoms with Gasteiger partial charge in [0.25, 0.3) is 17.2 Å². The molecule has 0 atom stereocenters. The van der Waals surface area contributed by atoms with Crippen LogP contribution in [-0.2, 0) is 11.3 Å². The molecule has 4 rings (SSSR count). The van der Waals surface area contributed by atoms with Gasteiger partial charge in [0.2, 0.25) is 0 Å². The van der Waals surface area contributed by atoms with E-state index in [-0.39, 0.29) is 17.8 Å². The molecule has 1 N–H and O–H groups in total. The fourth-order valence-electron chi connectivity index (χ4n) is 3.25. The van der Waals surface area contributed by atoms with E-state index in [2.05, 4.69) is 15.5 Å². The van der Waals surface area contributed by atoms with Crippen LogP contribution in [0.2, 0.25) is 0 Å². The fourth-order valence-corrected chi connectivity index (χ4v) is 4.26. The number of carbonyl (C=O) groups excluding carboxylic acids is 1. The predicted molar refractivity (Wildman–Crippen MR) is 123 cm³/mol. The van der Waals surface area contributed by atoms with E-state index in [9.17, 15) is 19.7 Å².